The van der Waals surface area contributed by atoms with Crippen LogP contribution < -0.4 is 5.32 Å². The highest BCUT2D eigenvalue weighted by Crippen LogP contribution is 2.25. The molecule has 0 spiro atoms. The van der Waals surface area contributed by atoms with Gasteiger partial charge >= 0.3 is 5.97 Å². The van der Waals surface area contributed by atoms with Crippen LogP contribution in [0.3, 0.4) is 0 Å². The van der Waals surface area contributed by atoms with Crippen molar-refractivity contribution in [3.8, 4) is 0 Å². The normalized spacial score (nSPS) is 17.8. The zero-order valence-electron chi connectivity index (χ0n) is 10.8. The summed E-state index contributed by atoms with van der Waals surface area (Å²) >= 11 is 0. The summed E-state index contributed by atoms with van der Waals surface area (Å²) in [6.45, 7) is 0. The zero-order valence-corrected chi connectivity index (χ0v) is 10.8. The lowest BCUT2D eigenvalue weighted by Gasteiger charge is -2.23. The van der Waals surface area contributed by atoms with Crippen molar-refractivity contribution in [2.75, 3.05) is 7.11 Å². The summed E-state index contributed by atoms with van der Waals surface area (Å²) in [6, 6.07) is 5.59. The van der Waals surface area contributed by atoms with Gasteiger partial charge in [0.1, 0.15) is 5.82 Å². The molecule has 2 N–H and O–H groups in total. The fourth-order valence-electron chi connectivity index (χ4n) is 1.97. The minimum absolute atomic E-state index is 0.0888. The molecule has 2 unspecified atom stereocenters. The van der Waals surface area contributed by atoms with Crippen molar-refractivity contribution >= 4 is 5.97 Å². The molecular formula is C14H18FNO3. The maximum atomic E-state index is 12.9. The molecule has 1 saturated carbocycles. The van der Waals surface area contributed by atoms with Crippen LogP contribution in [0, 0.1) is 5.82 Å². The van der Waals surface area contributed by atoms with E-state index in [9.17, 15) is 14.3 Å². The Labute approximate surface area is 111 Å². The smallest absolute Gasteiger partial charge is 0.307 e. The van der Waals surface area contributed by atoms with Crippen LogP contribution in [-0.2, 0) is 9.53 Å². The van der Waals surface area contributed by atoms with Crippen molar-refractivity contribution in [3.63, 3.8) is 0 Å². The van der Waals surface area contributed by atoms with Crippen LogP contribution in [0.2, 0.25) is 0 Å². The van der Waals surface area contributed by atoms with Crippen LogP contribution in [0.15, 0.2) is 24.3 Å². The van der Waals surface area contributed by atoms with E-state index in [-0.39, 0.29) is 18.2 Å². The average Bonchev–Trinajstić information content (AvgIpc) is 3.22. The molecule has 0 heterocycles. The van der Waals surface area contributed by atoms with E-state index < -0.39 is 12.1 Å². The summed E-state index contributed by atoms with van der Waals surface area (Å²) < 4.78 is 17.5. The molecule has 1 aliphatic carbocycles. The van der Waals surface area contributed by atoms with Crippen LogP contribution >= 0.6 is 0 Å². The Morgan fingerprint density at radius 2 is 2.11 bits per heavy atom. The molecule has 1 aromatic rings. The third-order valence-electron chi connectivity index (χ3n) is 3.23. The summed E-state index contributed by atoms with van der Waals surface area (Å²) in [5.41, 5.74) is 0.587. The number of nitrogens with one attached hydrogen (secondary N) is 1. The largest absolute Gasteiger partial charge is 0.469 e. The Hall–Kier alpha value is -1.46. The van der Waals surface area contributed by atoms with Crippen molar-refractivity contribution in [1.82, 2.24) is 5.32 Å². The molecule has 1 aliphatic rings. The van der Waals surface area contributed by atoms with Gasteiger partial charge in [0.2, 0.25) is 0 Å². The van der Waals surface area contributed by atoms with E-state index >= 15 is 0 Å². The number of carbonyl (C=O) groups excluding carboxylic acids is 1. The number of hydrogen-bond acceptors (Lipinski definition) is 4. The van der Waals surface area contributed by atoms with Gasteiger partial charge in [0.05, 0.1) is 19.6 Å². The highest BCUT2D eigenvalue weighted by atomic mass is 19.1. The number of benzene rings is 1. The van der Waals surface area contributed by atoms with Gasteiger partial charge in [0, 0.05) is 12.1 Å². The van der Waals surface area contributed by atoms with Gasteiger partial charge < -0.3 is 15.2 Å². The second kappa shape index (κ2) is 6.12. The van der Waals surface area contributed by atoms with Gasteiger partial charge in [-0.25, -0.2) is 4.39 Å². The number of carbonyl (C=O) groups is 1. The first-order valence-corrected chi connectivity index (χ1v) is 6.36. The van der Waals surface area contributed by atoms with Crippen LogP contribution in [0.1, 0.15) is 30.9 Å². The van der Waals surface area contributed by atoms with Crippen molar-refractivity contribution in [1.29, 1.82) is 0 Å². The van der Waals surface area contributed by atoms with Crippen LogP contribution in [0.4, 0.5) is 4.39 Å². The van der Waals surface area contributed by atoms with E-state index in [0.29, 0.717) is 11.6 Å². The molecule has 0 radical (unpaired) electrons. The lowest BCUT2D eigenvalue weighted by molar-refractivity contribution is -0.142. The number of aliphatic hydroxyl groups is 1. The molecular weight excluding hydrogens is 249 g/mol. The van der Waals surface area contributed by atoms with Gasteiger partial charge in [-0.3, -0.25) is 4.79 Å². The highest BCUT2D eigenvalue weighted by molar-refractivity contribution is 5.70. The first-order chi connectivity index (χ1) is 9.10. The topological polar surface area (TPSA) is 58.6 Å². The molecule has 0 saturated heterocycles. The Morgan fingerprint density at radius 1 is 1.47 bits per heavy atom. The molecule has 0 aliphatic heterocycles. The van der Waals surface area contributed by atoms with Crippen LogP contribution in [0.5, 0.6) is 0 Å². The Kier molecular flexibility index (Phi) is 4.50. The highest BCUT2D eigenvalue weighted by Gasteiger charge is 2.30. The fraction of sp³-hybridized carbons (Fsp3) is 0.500. The number of hydrogen-bond donors (Lipinski definition) is 2. The molecule has 2 atom stereocenters. The zero-order chi connectivity index (χ0) is 13.8. The molecule has 1 fully saturated rings. The SMILES string of the molecule is COC(=O)CC(NC1CC1)C(O)c1ccc(F)cc1. The minimum Gasteiger partial charge on any atom is -0.469 e. The molecule has 4 nitrogen and oxygen atoms in total. The van der Waals surface area contributed by atoms with E-state index in [4.69, 9.17) is 0 Å². The van der Waals surface area contributed by atoms with E-state index in [1.807, 2.05) is 0 Å². The fourth-order valence-corrected chi connectivity index (χ4v) is 1.97. The van der Waals surface area contributed by atoms with Crippen molar-refractivity contribution in [3.05, 3.63) is 35.6 Å². The summed E-state index contributed by atoms with van der Waals surface area (Å²) in [7, 11) is 1.32. The van der Waals surface area contributed by atoms with Gasteiger partial charge in [-0.05, 0) is 30.5 Å². The molecule has 104 valence electrons. The standard InChI is InChI=1S/C14H18FNO3/c1-19-13(17)8-12(16-11-6-7-11)14(18)9-2-4-10(15)5-3-9/h2-5,11-12,14,16,18H,6-8H2,1H3. The van der Waals surface area contributed by atoms with Gasteiger partial charge in [-0.1, -0.05) is 12.1 Å². The van der Waals surface area contributed by atoms with Gasteiger partial charge in [0.15, 0.2) is 0 Å². The summed E-state index contributed by atoms with van der Waals surface area (Å²) in [6.07, 6.45) is 1.33. The first-order valence-electron chi connectivity index (χ1n) is 6.36. The molecule has 0 aromatic heterocycles. The van der Waals surface area contributed by atoms with E-state index in [2.05, 4.69) is 10.1 Å². The predicted octanol–water partition coefficient (Wildman–Crippen LogP) is 1.54. The molecule has 1 aromatic carbocycles. The number of esters is 1. The molecule has 0 bridgehead atoms. The average molecular weight is 267 g/mol. The number of ether oxygens (including phenoxy) is 1. The number of aliphatic hydroxyl groups excluding tert-OH is 1. The van der Waals surface area contributed by atoms with E-state index in [1.165, 1.54) is 31.4 Å². The second-order valence-electron chi connectivity index (χ2n) is 4.82. The number of rotatable bonds is 6. The maximum absolute atomic E-state index is 12.9. The lowest BCUT2D eigenvalue weighted by atomic mass is 9.99. The molecule has 0 amide bonds. The molecule has 2 rings (SSSR count). The van der Waals surface area contributed by atoms with Crippen LogP contribution in [-0.4, -0.2) is 30.3 Å². The summed E-state index contributed by atoms with van der Waals surface area (Å²) in [4.78, 5) is 11.4. The first kappa shape index (κ1) is 14.0. The maximum Gasteiger partial charge on any atom is 0.307 e. The quantitative estimate of drug-likeness (QED) is 0.768. The molecule has 19 heavy (non-hydrogen) atoms. The van der Waals surface area contributed by atoms with E-state index in [0.717, 1.165) is 12.8 Å². The third kappa shape index (κ3) is 4.01. The minimum atomic E-state index is -0.861. The predicted molar refractivity (Wildman–Crippen MR) is 67.9 cm³/mol. The second-order valence-corrected chi connectivity index (χ2v) is 4.82. The lowest BCUT2D eigenvalue weighted by Crippen LogP contribution is -2.38. The number of methoxy groups -OCH3 is 1. The van der Waals surface area contributed by atoms with Crippen molar-refractivity contribution < 1.29 is 19.0 Å². The van der Waals surface area contributed by atoms with Crippen molar-refractivity contribution in [2.24, 2.45) is 0 Å². The number of halogens is 1. The van der Waals surface area contributed by atoms with E-state index in [1.54, 1.807) is 0 Å². The van der Waals surface area contributed by atoms with Crippen LogP contribution in [0.25, 0.3) is 0 Å². The Balaban J connectivity index is 2.06. The third-order valence-corrected chi connectivity index (χ3v) is 3.23. The summed E-state index contributed by atoms with van der Waals surface area (Å²) in [5, 5.41) is 13.5. The van der Waals surface area contributed by atoms with Gasteiger partial charge in [0.25, 0.3) is 0 Å². The van der Waals surface area contributed by atoms with Gasteiger partial charge in [-0.15, -0.1) is 0 Å². The van der Waals surface area contributed by atoms with Gasteiger partial charge in [-0.2, -0.15) is 0 Å². The monoisotopic (exact) mass is 267 g/mol. The Bertz CT molecular complexity index is 431. The van der Waals surface area contributed by atoms with Crippen molar-refractivity contribution in [2.45, 2.75) is 37.5 Å². The summed E-state index contributed by atoms with van der Waals surface area (Å²) in [5.74, 6) is -0.727. The Morgan fingerprint density at radius 3 is 2.63 bits per heavy atom. The molecule has 5 heteroatoms.